The molecule has 0 saturated carbocycles. The number of hydrogen-bond acceptors (Lipinski definition) is 4. The zero-order chi connectivity index (χ0) is 16.7. The van der Waals surface area contributed by atoms with Gasteiger partial charge < -0.3 is 4.74 Å². The minimum Gasteiger partial charge on any atom is -0.444 e. The molecule has 120 valence electrons. The standard InChI is InChI=1S/C12H12ClF3N4O2/c1-11(2,3)22-10(21)19-8-4-7(13)18-9-6(12(14,15)16)5-17-20(8)9/h4-5H,1-3H3,(H,19,21). The molecule has 6 nitrogen and oxygen atoms in total. The molecule has 0 aliphatic rings. The highest BCUT2D eigenvalue weighted by molar-refractivity contribution is 6.29. The maximum absolute atomic E-state index is 12.9. The van der Waals surface area contributed by atoms with Gasteiger partial charge in [0.25, 0.3) is 0 Å². The van der Waals surface area contributed by atoms with Gasteiger partial charge in [-0.05, 0) is 20.8 Å². The van der Waals surface area contributed by atoms with Gasteiger partial charge in [-0.3, -0.25) is 5.32 Å². The normalized spacial score (nSPS) is 12.5. The van der Waals surface area contributed by atoms with E-state index in [-0.39, 0.29) is 11.0 Å². The molecule has 0 aliphatic carbocycles. The van der Waals surface area contributed by atoms with E-state index in [0.29, 0.717) is 6.20 Å². The Morgan fingerprint density at radius 3 is 2.55 bits per heavy atom. The molecule has 2 aromatic heterocycles. The molecule has 0 radical (unpaired) electrons. The number of alkyl halides is 3. The Kier molecular flexibility index (Phi) is 3.94. The number of fused-ring (bicyclic) bond motifs is 1. The van der Waals surface area contributed by atoms with E-state index in [0.717, 1.165) is 4.52 Å². The lowest BCUT2D eigenvalue weighted by atomic mass is 10.2. The van der Waals surface area contributed by atoms with E-state index in [1.165, 1.54) is 6.07 Å². The van der Waals surface area contributed by atoms with Crippen molar-refractivity contribution in [1.29, 1.82) is 0 Å². The van der Waals surface area contributed by atoms with Gasteiger partial charge in [0.1, 0.15) is 22.1 Å². The van der Waals surface area contributed by atoms with Crippen LogP contribution in [0.25, 0.3) is 5.65 Å². The van der Waals surface area contributed by atoms with Crippen molar-refractivity contribution in [3.63, 3.8) is 0 Å². The summed E-state index contributed by atoms with van der Waals surface area (Å²) in [6, 6.07) is 1.17. The SMILES string of the molecule is CC(C)(C)OC(=O)Nc1cc(Cl)nc2c(C(F)(F)F)cnn12. The van der Waals surface area contributed by atoms with Crippen LogP contribution in [0.1, 0.15) is 26.3 Å². The third kappa shape index (κ3) is 3.59. The largest absolute Gasteiger partial charge is 0.444 e. The third-order valence-electron chi connectivity index (χ3n) is 2.37. The molecule has 1 N–H and O–H groups in total. The minimum absolute atomic E-state index is 0.0836. The average Bonchev–Trinajstić information content (AvgIpc) is 2.68. The minimum atomic E-state index is -4.64. The van der Waals surface area contributed by atoms with Crippen LogP contribution in [0, 0.1) is 0 Å². The number of hydrogen-bond donors (Lipinski definition) is 1. The monoisotopic (exact) mass is 336 g/mol. The number of nitrogens with one attached hydrogen (secondary N) is 1. The number of carbonyl (C=O) groups is 1. The lowest BCUT2D eigenvalue weighted by Gasteiger charge is -2.19. The molecule has 0 aromatic carbocycles. The predicted molar refractivity (Wildman–Crippen MR) is 72.9 cm³/mol. The van der Waals surface area contributed by atoms with Gasteiger partial charge >= 0.3 is 12.3 Å². The number of aromatic nitrogens is 3. The quantitative estimate of drug-likeness (QED) is 0.805. The molecule has 2 rings (SSSR count). The van der Waals surface area contributed by atoms with Crippen LogP contribution >= 0.6 is 11.6 Å². The Morgan fingerprint density at radius 2 is 2.00 bits per heavy atom. The van der Waals surface area contributed by atoms with Gasteiger partial charge in [0.2, 0.25) is 0 Å². The number of nitrogens with zero attached hydrogens (tertiary/aromatic N) is 3. The summed E-state index contributed by atoms with van der Waals surface area (Å²) >= 11 is 5.71. The number of anilines is 1. The predicted octanol–water partition coefficient (Wildman–Crippen LogP) is 3.75. The maximum atomic E-state index is 12.9. The molecular formula is C12H12ClF3N4O2. The van der Waals surface area contributed by atoms with Gasteiger partial charge in [0, 0.05) is 6.07 Å². The molecule has 10 heteroatoms. The number of amides is 1. The summed E-state index contributed by atoms with van der Waals surface area (Å²) in [5.41, 5.74) is -2.32. The van der Waals surface area contributed by atoms with Crippen molar-refractivity contribution >= 4 is 29.2 Å². The van der Waals surface area contributed by atoms with E-state index in [1.807, 2.05) is 0 Å². The Hall–Kier alpha value is -2.03. The van der Waals surface area contributed by atoms with Crippen LogP contribution in [-0.4, -0.2) is 26.3 Å². The zero-order valence-corrected chi connectivity index (χ0v) is 12.6. The van der Waals surface area contributed by atoms with Crippen LogP contribution < -0.4 is 5.32 Å². The van der Waals surface area contributed by atoms with Gasteiger partial charge in [-0.15, -0.1) is 0 Å². The molecule has 1 amide bonds. The molecule has 0 spiro atoms. The second-order valence-electron chi connectivity index (χ2n) is 5.38. The van der Waals surface area contributed by atoms with Crippen molar-refractivity contribution in [3.8, 4) is 0 Å². The average molecular weight is 337 g/mol. The Morgan fingerprint density at radius 1 is 1.36 bits per heavy atom. The smallest absolute Gasteiger partial charge is 0.421 e. The van der Waals surface area contributed by atoms with Crippen LogP contribution in [0.3, 0.4) is 0 Å². The highest BCUT2D eigenvalue weighted by Crippen LogP contribution is 2.33. The summed E-state index contributed by atoms with van der Waals surface area (Å²) in [6.07, 6.45) is -4.87. The molecular weight excluding hydrogens is 325 g/mol. The molecule has 2 heterocycles. The van der Waals surface area contributed by atoms with Gasteiger partial charge in [0.15, 0.2) is 5.65 Å². The van der Waals surface area contributed by atoms with E-state index in [2.05, 4.69) is 15.4 Å². The summed E-state index contributed by atoms with van der Waals surface area (Å²) in [5.74, 6) is -0.0836. The van der Waals surface area contributed by atoms with Crippen molar-refractivity contribution in [3.05, 3.63) is 23.0 Å². The first-order valence-electron chi connectivity index (χ1n) is 6.09. The fourth-order valence-electron chi connectivity index (χ4n) is 1.63. The second-order valence-corrected chi connectivity index (χ2v) is 5.77. The summed E-state index contributed by atoms with van der Waals surface area (Å²) in [7, 11) is 0. The van der Waals surface area contributed by atoms with Crippen molar-refractivity contribution in [2.75, 3.05) is 5.32 Å². The first kappa shape index (κ1) is 16.3. The fraction of sp³-hybridized carbons (Fsp3) is 0.417. The van der Waals surface area contributed by atoms with Crippen molar-refractivity contribution in [1.82, 2.24) is 14.6 Å². The summed E-state index contributed by atoms with van der Waals surface area (Å²) in [6.45, 7) is 4.95. The molecule has 0 fully saturated rings. The van der Waals surface area contributed by atoms with Crippen molar-refractivity contribution < 1.29 is 22.7 Å². The van der Waals surface area contributed by atoms with E-state index in [9.17, 15) is 18.0 Å². The topological polar surface area (TPSA) is 68.5 Å². The highest BCUT2D eigenvalue weighted by atomic mass is 35.5. The summed E-state index contributed by atoms with van der Waals surface area (Å²) in [4.78, 5) is 15.3. The Bertz CT molecular complexity index is 721. The number of ether oxygens (including phenoxy) is 1. The molecule has 0 atom stereocenters. The fourth-order valence-corrected chi connectivity index (χ4v) is 1.81. The van der Waals surface area contributed by atoms with Gasteiger partial charge in [-0.25, -0.2) is 9.78 Å². The lowest BCUT2D eigenvalue weighted by molar-refractivity contribution is -0.136. The number of rotatable bonds is 1. The summed E-state index contributed by atoms with van der Waals surface area (Å²) < 4.78 is 44.4. The zero-order valence-electron chi connectivity index (χ0n) is 11.8. The molecule has 0 saturated heterocycles. The van der Waals surface area contributed by atoms with E-state index >= 15 is 0 Å². The van der Waals surface area contributed by atoms with E-state index < -0.39 is 29.1 Å². The van der Waals surface area contributed by atoms with Gasteiger partial charge in [0.05, 0.1) is 6.20 Å². The first-order valence-corrected chi connectivity index (χ1v) is 6.46. The molecule has 0 aliphatic heterocycles. The van der Waals surface area contributed by atoms with Crippen LogP contribution in [-0.2, 0) is 10.9 Å². The number of carbonyl (C=O) groups excluding carboxylic acids is 1. The second kappa shape index (κ2) is 5.31. The van der Waals surface area contributed by atoms with Crippen LogP contribution in [0.2, 0.25) is 5.15 Å². The third-order valence-corrected chi connectivity index (χ3v) is 2.57. The number of halogens is 4. The molecule has 0 bridgehead atoms. The van der Waals surface area contributed by atoms with Crippen LogP contribution in [0.5, 0.6) is 0 Å². The van der Waals surface area contributed by atoms with E-state index in [1.54, 1.807) is 20.8 Å². The maximum Gasteiger partial charge on any atom is 0.421 e. The Labute approximate surface area is 128 Å². The highest BCUT2D eigenvalue weighted by Gasteiger charge is 2.36. The van der Waals surface area contributed by atoms with E-state index in [4.69, 9.17) is 16.3 Å². The molecule has 0 unspecified atom stereocenters. The summed E-state index contributed by atoms with van der Waals surface area (Å²) in [5, 5.41) is 5.66. The Balaban J connectivity index is 2.43. The van der Waals surface area contributed by atoms with Crippen LogP contribution in [0.4, 0.5) is 23.8 Å². The molecule has 22 heavy (non-hydrogen) atoms. The van der Waals surface area contributed by atoms with Gasteiger partial charge in [-0.1, -0.05) is 11.6 Å². The van der Waals surface area contributed by atoms with Gasteiger partial charge in [-0.2, -0.15) is 22.8 Å². The van der Waals surface area contributed by atoms with Crippen LogP contribution in [0.15, 0.2) is 12.3 Å². The van der Waals surface area contributed by atoms with Crippen molar-refractivity contribution in [2.45, 2.75) is 32.5 Å². The lowest BCUT2D eigenvalue weighted by Crippen LogP contribution is -2.28. The molecule has 2 aromatic rings. The van der Waals surface area contributed by atoms with Crippen molar-refractivity contribution in [2.24, 2.45) is 0 Å². The first-order chi connectivity index (χ1) is 9.97.